The fourth-order valence-electron chi connectivity index (χ4n) is 1.53. The molecule has 1 aromatic carbocycles. The molecule has 20 heavy (non-hydrogen) atoms. The molecule has 2 heterocycles. The average Bonchev–Trinajstić information content (AvgIpc) is 2.95. The van der Waals surface area contributed by atoms with E-state index < -0.39 is 0 Å². The number of nitrogens with zero attached hydrogens (tertiary/aromatic N) is 5. The molecule has 0 aliphatic rings. The molecule has 3 rings (SSSR count). The van der Waals surface area contributed by atoms with Crippen LogP contribution < -0.4 is 10.5 Å². The van der Waals surface area contributed by atoms with Crippen molar-refractivity contribution >= 4 is 21.9 Å². The summed E-state index contributed by atoms with van der Waals surface area (Å²) < 4.78 is 8.02. The maximum atomic E-state index is 5.67. The number of nitrogen functional groups attached to an aromatic ring is 1. The number of rotatable bonds is 3. The minimum atomic E-state index is 0.0748. The molecule has 2 N–H and O–H groups in total. The van der Waals surface area contributed by atoms with E-state index in [1.807, 2.05) is 18.2 Å². The van der Waals surface area contributed by atoms with E-state index in [0.717, 1.165) is 4.47 Å². The molecule has 0 aliphatic heterocycles. The number of hydrogen-bond acceptors (Lipinski definition) is 6. The number of anilines is 1. The summed E-state index contributed by atoms with van der Waals surface area (Å²) in [6.07, 6.45) is 4.89. The van der Waals surface area contributed by atoms with Gasteiger partial charge in [0, 0.05) is 12.4 Å². The number of imidazole rings is 1. The first-order valence-electron chi connectivity index (χ1n) is 5.64. The van der Waals surface area contributed by atoms with Crippen molar-refractivity contribution in [3.63, 3.8) is 0 Å². The van der Waals surface area contributed by atoms with Gasteiger partial charge >= 0.3 is 6.01 Å². The summed E-state index contributed by atoms with van der Waals surface area (Å²) in [5.41, 5.74) is 5.67. The highest BCUT2D eigenvalue weighted by Gasteiger charge is 2.09. The zero-order valence-electron chi connectivity index (χ0n) is 10.1. The number of ether oxygens (including phenoxy) is 1. The Balaban J connectivity index is 1.97. The molecule has 0 atom stereocenters. The van der Waals surface area contributed by atoms with Crippen molar-refractivity contribution in [1.29, 1.82) is 0 Å². The highest BCUT2D eigenvalue weighted by Crippen LogP contribution is 2.27. The molecule has 2 aromatic heterocycles. The van der Waals surface area contributed by atoms with Gasteiger partial charge in [0.1, 0.15) is 12.1 Å². The van der Waals surface area contributed by atoms with Crippen LogP contribution >= 0.6 is 15.9 Å². The molecule has 0 amide bonds. The third-order valence-electron chi connectivity index (χ3n) is 2.39. The van der Waals surface area contributed by atoms with Gasteiger partial charge in [0.25, 0.3) is 0 Å². The van der Waals surface area contributed by atoms with E-state index in [2.05, 4.69) is 35.9 Å². The first-order valence-corrected chi connectivity index (χ1v) is 6.44. The molecule has 0 unspecified atom stereocenters. The number of para-hydroxylation sites is 1. The summed E-state index contributed by atoms with van der Waals surface area (Å²) in [5, 5.41) is 0. The highest BCUT2D eigenvalue weighted by atomic mass is 79.9. The summed E-state index contributed by atoms with van der Waals surface area (Å²) in [5.74, 6) is 1.01. The zero-order valence-corrected chi connectivity index (χ0v) is 11.7. The minimum Gasteiger partial charge on any atom is -0.423 e. The third kappa shape index (κ3) is 2.59. The van der Waals surface area contributed by atoms with Crippen LogP contribution in [0.25, 0.3) is 5.95 Å². The van der Waals surface area contributed by atoms with Crippen molar-refractivity contribution in [2.75, 3.05) is 5.73 Å². The predicted octanol–water partition coefficient (Wildman–Crippen LogP) is 2.19. The molecule has 0 spiro atoms. The second-order valence-corrected chi connectivity index (χ2v) is 4.63. The van der Waals surface area contributed by atoms with E-state index in [4.69, 9.17) is 10.5 Å². The van der Waals surface area contributed by atoms with Gasteiger partial charge in [-0.3, -0.25) is 4.57 Å². The van der Waals surface area contributed by atoms with Crippen LogP contribution in [-0.4, -0.2) is 24.5 Å². The topological polar surface area (TPSA) is 91.7 Å². The average molecular weight is 333 g/mol. The molecule has 0 saturated heterocycles. The molecule has 0 aliphatic carbocycles. The fraction of sp³-hybridized carbons (Fsp3) is 0. The van der Waals surface area contributed by atoms with Crippen LogP contribution in [0.15, 0.2) is 47.5 Å². The molecular formula is C12H9BrN6O. The van der Waals surface area contributed by atoms with E-state index in [9.17, 15) is 0 Å². The van der Waals surface area contributed by atoms with E-state index in [1.165, 1.54) is 0 Å². The number of nitrogens with two attached hydrogens (primary N) is 1. The zero-order chi connectivity index (χ0) is 13.9. The molecule has 3 aromatic rings. The Labute approximate surface area is 122 Å². The predicted molar refractivity (Wildman–Crippen MR) is 75.6 cm³/mol. The van der Waals surface area contributed by atoms with Gasteiger partial charge in [-0.15, -0.1) is 0 Å². The van der Waals surface area contributed by atoms with Crippen LogP contribution in [0.2, 0.25) is 0 Å². The van der Waals surface area contributed by atoms with Crippen molar-refractivity contribution in [2.45, 2.75) is 0 Å². The lowest BCUT2D eigenvalue weighted by Crippen LogP contribution is -2.06. The minimum absolute atomic E-state index is 0.0748. The van der Waals surface area contributed by atoms with Crippen LogP contribution in [0.1, 0.15) is 0 Å². The van der Waals surface area contributed by atoms with Crippen molar-refractivity contribution in [2.24, 2.45) is 0 Å². The van der Waals surface area contributed by atoms with Gasteiger partial charge in [0.15, 0.2) is 0 Å². The second-order valence-electron chi connectivity index (χ2n) is 3.78. The number of hydrogen-bond donors (Lipinski definition) is 1. The van der Waals surface area contributed by atoms with Gasteiger partial charge < -0.3 is 10.5 Å². The second kappa shape index (κ2) is 5.25. The van der Waals surface area contributed by atoms with Crippen LogP contribution in [0, 0.1) is 0 Å². The van der Waals surface area contributed by atoms with Gasteiger partial charge in [-0.05, 0) is 28.1 Å². The van der Waals surface area contributed by atoms with Gasteiger partial charge in [-0.2, -0.15) is 15.0 Å². The lowest BCUT2D eigenvalue weighted by Gasteiger charge is -2.07. The summed E-state index contributed by atoms with van der Waals surface area (Å²) in [4.78, 5) is 16.1. The monoisotopic (exact) mass is 332 g/mol. The number of aromatic nitrogens is 5. The SMILES string of the molecule is Nc1nc(Oc2ccccc2Br)nc(-n2ccnc2)n1. The van der Waals surface area contributed by atoms with E-state index >= 15 is 0 Å². The van der Waals surface area contributed by atoms with Crippen molar-refractivity contribution < 1.29 is 4.74 Å². The first kappa shape index (κ1) is 12.5. The molecule has 0 radical (unpaired) electrons. The summed E-state index contributed by atoms with van der Waals surface area (Å²) in [6, 6.07) is 7.50. The lowest BCUT2D eigenvalue weighted by molar-refractivity contribution is 0.437. The number of halogens is 1. The Morgan fingerprint density at radius 1 is 1.15 bits per heavy atom. The van der Waals surface area contributed by atoms with Crippen LogP contribution in [0.5, 0.6) is 11.8 Å². The van der Waals surface area contributed by atoms with Gasteiger partial charge in [0.2, 0.25) is 11.9 Å². The fourth-order valence-corrected chi connectivity index (χ4v) is 1.89. The van der Waals surface area contributed by atoms with Gasteiger partial charge in [-0.1, -0.05) is 12.1 Å². The lowest BCUT2D eigenvalue weighted by atomic mass is 10.3. The highest BCUT2D eigenvalue weighted by molar-refractivity contribution is 9.10. The molecule has 0 saturated carbocycles. The summed E-state index contributed by atoms with van der Waals surface area (Å²) in [7, 11) is 0. The molecular weight excluding hydrogens is 324 g/mol. The Kier molecular flexibility index (Phi) is 3.30. The van der Waals surface area contributed by atoms with Crippen molar-refractivity contribution in [3.8, 4) is 17.7 Å². The van der Waals surface area contributed by atoms with E-state index in [1.54, 1.807) is 29.4 Å². The molecule has 7 nitrogen and oxygen atoms in total. The Bertz CT molecular complexity index is 731. The molecule has 0 fully saturated rings. The smallest absolute Gasteiger partial charge is 0.328 e. The van der Waals surface area contributed by atoms with Crippen LogP contribution in [0.4, 0.5) is 5.95 Å². The van der Waals surface area contributed by atoms with Crippen molar-refractivity contribution in [3.05, 3.63) is 47.5 Å². The number of benzene rings is 1. The van der Waals surface area contributed by atoms with E-state index in [0.29, 0.717) is 11.7 Å². The maximum absolute atomic E-state index is 5.67. The standard InChI is InChI=1S/C12H9BrN6O/c13-8-3-1-2-4-9(8)20-12-17-10(14)16-11(18-12)19-6-5-15-7-19/h1-7H,(H2,14,16,17,18). The molecule has 8 heteroatoms. The third-order valence-corrected chi connectivity index (χ3v) is 3.05. The first-order chi connectivity index (χ1) is 9.72. The summed E-state index contributed by atoms with van der Waals surface area (Å²) >= 11 is 3.39. The summed E-state index contributed by atoms with van der Waals surface area (Å²) in [6.45, 7) is 0. The van der Waals surface area contributed by atoms with E-state index in [-0.39, 0.29) is 12.0 Å². The Morgan fingerprint density at radius 3 is 2.75 bits per heavy atom. The Morgan fingerprint density at radius 2 is 2.00 bits per heavy atom. The normalized spacial score (nSPS) is 10.4. The Hall–Kier alpha value is -2.48. The maximum Gasteiger partial charge on any atom is 0.328 e. The molecule has 0 bridgehead atoms. The molecule has 100 valence electrons. The van der Waals surface area contributed by atoms with Crippen molar-refractivity contribution in [1.82, 2.24) is 24.5 Å². The van der Waals surface area contributed by atoms with Crippen LogP contribution in [-0.2, 0) is 0 Å². The van der Waals surface area contributed by atoms with Gasteiger partial charge in [0.05, 0.1) is 4.47 Å². The van der Waals surface area contributed by atoms with Crippen LogP contribution in [0.3, 0.4) is 0 Å². The quantitative estimate of drug-likeness (QED) is 0.790. The van der Waals surface area contributed by atoms with Gasteiger partial charge in [-0.25, -0.2) is 4.98 Å². The largest absolute Gasteiger partial charge is 0.423 e.